The Balaban J connectivity index is 1.60. The fourth-order valence-corrected chi connectivity index (χ4v) is 2.97. The van der Waals surface area contributed by atoms with E-state index in [0.717, 1.165) is 0 Å². The van der Waals surface area contributed by atoms with E-state index in [9.17, 15) is 9.59 Å². The van der Waals surface area contributed by atoms with Crippen LogP contribution >= 0.6 is 23.2 Å². The minimum absolute atomic E-state index is 0.0815. The van der Waals surface area contributed by atoms with E-state index in [-0.39, 0.29) is 19.1 Å². The molecule has 0 saturated carbocycles. The summed E-state index contributed by atoms with van der Waals surface area (Å²) in [5.41, 5.74) is 0.313. The number of para-hydroxylation sites is 3. The lowest BCUT2D eigenvalue weighted by Gasteiger charge is -2.28. The van der Waals surface area contributed by atoms with Crippen molar-refractivity contribution in [2.75, 3.05) is 25.5 Å². The molecule has 2 aromatic carbocycles. The van der Waals surface area contributed by atoms with Crippen LogP contribution in [0.1, 0.15) is 0 Å². The molecule has 6 nitrogen and oxygen atoms in total. The van der Waals surface area contributed by atoms with Crippen LogP contribution < -0.4 is 14.8 Å². The van der Waals surface area contributed by atoms with Crippen LogP contribution in [0.4, 0.5) is 5.69 Å². The van der Waals surface area contributed by atoms with E-state index in [0.29, 0.717) is 27.2 Å². The average molecular weight is 395 g/mol. The number of likely N-dealkylation sites (N-methyl/N-ethyl adjacent to an activating group) is 1. The molecular formula is C18H16Cl2N2O4. The molecular weight excluding hydrogens is 379 g/mol. The average Bonchev–Trinajstić information content (AvgIpc) is 2.63. The molecule has 2 aromatic rings. The highest BCUT2D eigenvalue weighted by Crippen LogP contribution is 2.31. The summed E-state index contributed by atoms with van der Waals surface area (Å²) in [5, 5.41) is 3.25. The molecule has 0 aliphatic carbocycles. The van der Waals surface area contributed by atoms with Crippen molar-refractivity contribution in [3.05, 3.63) is 52.5 Å². The number of ether oxygens (including phenoxy) is 2. The normalized spacial score (nSPS) is 15.3. The Kier molecular flexibility index (Phi) is 5.54. The van der Waals surface area contributed by atoms with Gasteiger partial charge in [-0.05, 0) is 24.3 Å². The molecule has 1 heterocycles. The molecule has 0 spiro atoms. The van der Waals surface area contributed by atoms with Crippen molar-refractivity contribution in [1.82, 2.24) is 4.90 Å². The van der Waals surface area contributed by atoms with Crippen molar-refractivity contribution < 1.29 is 19.1 Å². The largest absolute Gasteiger partial charge is 0.485 e. The van der Waals surface area contributed by atoms with E-state index >= 15 is 0 Å². The minimum atomic E-state index is -0.813. The number of benzene rings is 2. The van der Waals surface area contributed by atoms with E-state index in [2.05, 4.69) is 5.32 Å². The van der Waals surface area contributed by atoms with Gasteiger partial charge in [0.05, 0.1) is 22.3 Å². The van der Waals surface area contributed by atoms with Gasteiger partial charge in [0.2, 0.25) is 12.0 Å². The Morgan fingerprint density at radius 2 is 1.77 bits per heavy atom. The first-order valence-electron chi connectivity index (χ1n) is 7.83. The highest BCUT2D eigenvalue weighted by atomic mass is 35.5. The lowest BCUT2D eigenvalue weighted by atomic mass is 10.2. The van der Waals surface area contributed by atoms with Gasteiger partial charge in [-0.25, -0.2) is 0 Å². The van der Waals surface area contributed by atoms with Crippen LogP contribution in [0.2, 0.25) is 10.0 Å². The van der Waals surface area contributed by atoms with Crippen molar-refractivity contribution >= 4 is 40.7 Å². The third-order valence-corrected chi connectivity index (χ3v) is 4.40. The first kappa shape index (κ1) is 18.4. The van der Waals surface area contributed by atoms with E-state index < -0.39 is 12.0 Å². The zero-order valence-corrected chi connectivity index (χ0v) is 15.4. The molecule has 8 heteroatoms. The molecule has 1 atom stereocenters. The number of carbonyl (C=O) groups is 2. The molecule has 3 rings (SSSR count). The smallest absolute Gasteiger partial charge is 0.267 e. The summed E-state index contributed by atoms with van der Waals surface area (Å²) in [6, 6.07) is 12.0. The number of nitrogens with zero attached hydrogens (tertiary/aromatic N) is 1. The van der Waals surface area contributed by atoms with Gasteiger partial charge in [-0.15, -0.1) is 0 Å². The zero-order chi connectivity index (χ0) is 18.7. The first-order valence-corrected chi connectivity index (χ1v) is 8.58. The first-order chi connectivity index (χ1) is 12.5. The van der Waals surface area contributed by atoms with Gasteiger partial charge in [-0.2, -0.15) is 0 Å². The lowest BCUT2D eigenvalue weighted by Crippen LogP contribution is -2.47. The molecule has 1 aliphatic rings. The number of hydrogen-bond acceptors (Lipinski definition) is 4. The Bertz CT molecular complexity index is 823. The molecule has 2 amide bonds. The monoisotopic (exact) mass is 394 g/mol. The maximum atomic E-state index is 12.5. The van der Waals surface area contributed by atoms with Crippen LogP contribution in [-0.2, 0) is 9.59 Å². The quantitative estimate of drug-likeness (QED) is 0.863. The predicted molar refractivity (Wildman–Crippen MR) is 99.1 cm³/mol. The number of fused-ring (bicyclic) bond motifs is 1. The number of carbonyl (C=O) groups excluding carboxylic acids is 2. The highest BCUT2D eigenvalue weighted by Gasteiger charge is 2.30. The maximum absolute atomic E-state index is 12.5. The number of nitrogens with one attached hydrogen (secondary N) is 1. The summed E-state index contributed by atoms with van der Waals surface area (Å²) in [4.78, 5) is 26.0. The summed E-state index contributed by atoms with van der Waals surface area (Å²) < 4.78 is 11.2. The second-order valence-corrected chi connectivity index (χ2v) is 6.52. The molecule has 0 saturated heterocycles. The Morgan fingerprint density at radius 3 is 2.46 bits per heavy atom. The summed E-state index contributed by atoms with van der Waals surface area (Å²) in [7, 11) is 1.51. The molecule has 0 bridgehead atoms. The van der Waals surface area contributed by atoms with Crippen LogP contribution in [0, 0.1) is 0 Å². The Labute approximate surface area is 160 Å². The second-order valence-electron chi connectivity index (χ2n) is 5.70. The van der Waals surface area contributed by atoms with Gasteiger partial charge >= 0.3 is 0 Å². The second kappa shape index (κ2) is 7.85. The highest BCUT2D eigenvalue weighted by molar-refractivity contribution is 6.39. The van der Waals surface area contributed by atoms with Crippen LogP contribution in [0.5, 0.6) is 11.5 Å². The number of rotatable bonds is 4. The molecule has 1 N–H and O–H groups in total. The number of amides is 2. The fraction of sp³-hybridized carbons (Fsp3) is 0.222. The van der Waals surface area contributed by atoms with Gasteiger partial charge in [0, 0.05) is 7.05 Å². The Morgan fingerprint density at radius 1 is 1.12 bits per heavy atom. The molecule has 0 fully saturated rings. The summed E-state index contributed by atoms with van der Waals surface area (Å²) in [5.74, 6) is 0.302. The van der Waals surface area contributed by atoms with Gasteiger partial charge in [-0.3, -0.25) is 9.59 Å². The summed E-state index contributed by atoms with van der Waals surface area (Å²) in [6.07, 6.45) is -0.813. The van der Waals surface area contributed by atoms with Gasteiger partial charge in [0.25, 0.3) is 5.91 Å². The predicted octanol–water partition coefficient (Wildman–Crippen LogP) is 3.23. The van der Waals surface area contributed by atoms with Gasteiger partial charge < -0.3 is 19.7 Å². The summed E-state index contributed by atoms with van der Waals surface area (Å²) >= 11 is 12.1. The zero-order valence-electron chi connectivity index (χ0n) is 13.9. The third kappa shape index (κ3) is 4.03. The van der Waals surface area contributed by atoms with Crippen molar-refractivity contribution in [2.24, 2.45) is 0 Å². The van der Waals surface area contributed by atoms with Crippen molar-refractivity contribution in [2.45, 2.75) is 6.10 Å². The molecule has 0 aromatic heterocycles. The van der Waals surface area contributed by atoms with E-state index in [4.69, 9.17) is 32.7 Å². The van der Waals surface area contributed by atoms with Crippen LogP contribution in [0.3, 0.4) is 0 Å². The van der Waals surface area contributed by atoms with E-state index in [1.165, 1.54) is 11.9 Å². The Hall–Kier alpha value is -2.44. The standard InChI is InChI=1S/C18H16Cl2N2O4/c1-22(9-16(23)21-17-11(19)5-4-6-12(17)20)18(24)15-10-25-13-7-2-3-8-14(13)26-15/h2-8,15H,9-10H2,1H3,(H,21,23). The maximum Gasteiger partial charge on any atom is 0.267 e. The van der Waals surface area contributed by atoms with Crippen LogP contribution in [0.15, 0.2) is 42.5 Å². The van der Waals surface area contributed by atoms with E-state index in [1.54, 1.807) is 36.4 Å². The molecule has 1 aliphatic heterocycles. The number of halogens is 2. The molecule has 0 radical (unpaired) electrons. The number of hydrogen-bond donors (Lipinski definition) is 1. The van der Waals surface area contributed by atoms with Crippen LogP contribution in [0.25, 0.3) is 0 Å². The summed E-state index contributed by atoms with van der Waals surface area (Å²) in [6.45, 7) is -0.0972. The molecule has 1 unspecified atom stereocenters. The molecule has 136 valence electrons. The molecule has 26 heavy (non-hydrogen) atoms. The van der Waals surface area contributed by atoms with Crippen molar-refractivity contribution in [3.63, 3.8) is 0 Å². The minimum Gasteiger partial charge on any atom is -0.485 e. The third-order valence-electron chi connectivity index (χ3n) is 3.77. The van der Waals surface area contributed by atoms with Crippen molar-refractivity contribution in [3.8, 4) is 11.5 Å². The van der Waals surface area contributed by atoms with Gasteiger partial charge in [-0.1, -0.05) is 41.4 Å². The van der Waals surface area contributed by atoms with E-state index in [1.807, 2.05) is 6.07 Å². The topological polar surface area (TPSA) is 67.9 Å². The van der Waals surface area contributed by atoms with Crippen LogP contribution in [-0.4, -0.2) is 43.0 Å². The van der Waals surface area contributed by atoms with Crippen molar-refractivity contribution in [1.29, 1.82) is 0 Å². The fourth-order valence-electron chi connectivity index (χ4n) is 2.48. The van der Waals surface area contributed by atoms with Gasteiger partial charge in [0.15, 0.2) is 11.5 Å². The number of anilines is 1. The lowest BCUT2D eigenvalue weighted by molar-refractivity contribution is -0.141. The van der Waals surface area contributed by atoms with Gasteiger partial charge in [0.1, 0.15) is 6.61 Å². The SMILES string of the molecule is CN(CC(=O)Nc1c(Cl)cccc1Cl)C(=O)C1COc2ccccc2O1.